The zero-order chi connectivity index (χ0) is 12.8. The van der Waals surface area contributed by atoms with Crippen molar-refractivity contribution in [3.63, 3.8) is 0 Å². The summed E-state index contributed by atoms with van der Waals surface area (Å²) in [5.74, 6) is -1.81. The molecule has 1 aliphatic rings. The number of amides is 1. The maximum atomic E-state index is 11.4. The standard InChI is InChI=1S/C10H16N2O5/c1-17-10(16)7-11-2-4-12(5-3-11)8(13)6-9(14)15/h2-7H2,1H3,(H,14,15). The fraction of sp³-hybridized carbons (Fsp3) is 0.700. The first-order valence-corrected chi connectivity index (χ1v) is 5.31. The number of carbonyl (C=O) groups is 3. The van der Waals surface area contributed by atoms with E-state index in [2.05, 4.69) is 4.74 Å². The summed E-state index contributed by atoms with van der Waals surface area (Å²) >= 11 is 0. The number of hydrogen-bond acceptors (Lipinski definition) is 5. The van der Waals surface area contributed by atoms with Crippen molar-refractivity contribution in [3.8, 4) is 0 Å². The van der Waals surface area contributed by atoms with E-state index in [1.54, 1.807) is 0 Å². The van der Waals surface area contributed by atoms with Crippen molar-refractivity contribution < 1.29 is 24.2 Å². The van der Waals surface area contributed by atoms with Gasteiger partial charge in [0.2, 0.25) is 5.91 Å². The molecule has 0 aliphatic carbocycles. The number of piperazine rings is 1. The molecule has 1 rings (SSSR count). The molecule has 0 bridgehead atoms. The smallest absolute Gasteiger partial charge is 0.319 e. The summed E-state index contributed by atoms with van der Waals surface area (Å²) in [6, 6.07) is 0. The number of carboxylic acids is 1. The Balaban J connectivity index is 2.32. The Bertz CT molecular complexity index is 310. The van der Waals surface area contributed by atoms with Gasteiger partial charge in [-0.25, -0.2) is 0 Å². The molecule has 0 radical (unpaired) electrons. The highest BCUT2D eigenvalue weighted by atomic mass is 16.5. The van der Waals surface area contributed by atoms with Crippen LogP contribution in [0.1, 0.15) is 6.42 Å². The topological polar surface area (TPSA) is 87.2 Å². The number of nitrogens with zero attached hydrogens (tertiary/aromatic N) is 2. The Hall–Kier alpha value is -1.63. The van der Waals surface area contributed by atoms with E-state index in [1.807, 2.05) is 4.90 Å². The van der Waals surface area contributed by atoms with Gasteiger partial charge in [-0.15, -0.1) is 0 Å². The second kappa shape index (κ2) is 6.19. The Morgan fingerprint density at radius 3 is 2.24 bits per heavy atom. The highest BCUT2D eigenvalue weighted by Crippen LogP contribution is 2.03. The molecule has 96 valence electrons. The lowest BCUT2D eigenvalue weighted by molar-refractivity contribution is -0.145. The molecule has 1 N–H and O–H groups in total. The molecular formula is C10H16N2O5. The predicted molar refractivity (Wildman–Crippen MR) is 57.3 cm³/mol. The third kappa shape index (κ3) is 4.39. The van der Waals surface area contributed by atoms with E-state index in [9.17, 15) is 14.4 Å². The molecule has 0 aromatic carbocycles. The predicted octanol–water partition coefficient (Wildman–Crippen LogP) is -1.22. The molecule has 1 heterocycles. The first-order valence-electron chi connectivity index (χ1n) is 5.31. The van der Waals surface area contributed by atoms with Crippen molar-refractivity contribution in [2.24, 2.45) is 0 Å². The van der Waals surface area contributed by atoms with Crippen LogP contribution in [0, 0.1) is 0 Å². The highest BCUT2D eigenvalue weighted by molar-refractivity contribution is 5.93. The molecule has 0 aromatic rings. The van der Waals surface area contributed by atoms with Crippen molar-refractivity contribution >= 4 is 17.8 Å². The fourth-order valence-electron chi connectivity index (χ4n) is 1.64. The fourth-order valence-corrected chi connectivity index (χ4v) is 1.64. The van der Waals surface area contributed by atoms with Crippen LogP contribution in [-0.4, -0.2) is 72.6 Å². The molecule has 1 amide bonds. The minimum Gasteiger partial charge on any atom is -0.481 e. The van der Waals surface area contributed by atoms with Crippen LogP contribution in [0.2, 0.25) is 0 Å². The molecule has 0 saturated carbocycles. The zero-order valence-corrected chi connectivity index (χ0v) is 9.72. The minimum absolute atomic E-state index is 0.206. The molecule has 0 spiro atoms. The van der Waals surface area contributed by atoms with Crippen LogP contribution in [0.5, 0.6) is 0 Å². The molecule has 0 aromatic heterocycles. The normalized spacial score (nSPS) is 16.6. The van der Waals surface area contributed by atoms with Gasteiger partial charge < -0.3 is 14.7 Å². The third-order valence-corrected chi connectivity index (χ3v) is 2.61. The summed E-state index contributed by atoms with van der Waals surface area (Å²) < 4.78 is 4.54. The average molecular weight is 244 g/mol. The molecule has 0 unspecified atom stereocenters. The van der Waals surface area contributed by atoms with Crippen molar-refractivity contribution in [1.29, 1.82) is 0 Å². The SMILES string of the molecule is COC(=O)CN1CCN(C(=O)CC(=O)O)CC1. The van der Waals surface area contributed by atoms with E-state index in [4.69, 9.17) is 5.11 Å². The second-order valence-electron chi connectivity index (χ2n) is 3.80. The second-order valence-corrected chi connectivity index (χ2v) is 3.80. The van der Waals surface area contributed by atoms with Gasteiger partial charge in [-0.3, -0.25) is 19.3 Å². The van der Waals surface area contributed by atoms with Gasteiger partial charge in [0.05, 0.1) is 13.7 Å². The van der Waals surface area contributed by atoms with E-state index in [1.165, 1.54) is 12.0 Å². The average Bonchev–Trinajstić information content (AvgIpc) is 2.28. The lowest BCUT2D eigenvalue weighted by Crippen LogP contribution is -2.50. The Labute approximate surface area is 98.9 Å². The van der Waals surface area contributed by atoms with Crippen LogP contribution in [0.4, 0.5) is 0 Å². The van der Waals surface area contributed by atoms with E-state index in [0.717, 1.165) is 0 Å². The number of carbonyl (C=O) groups excluding carboxylic acids is 2. The molecule has 1 aliphatic heterocycles. The van der Waals surface area contributed by atoms with Gasteiger partial charge in [0.25, 0.3) is 0 Å². The van der Waals surface area contributed by atoms with Crippen LogP contribution in [0.15, 0.2) is 0 Å². The van der Waals surface area contributed by atoms with Gasteiger partial charge >= 0.3 is 11.9 Å². The minimum atomic E-state index is -1.12. The number of aliphatic carboxylic acids is 1. The number of methoxy groups -OCH3 is 1. The summed E-state index contributed by atoms with van der Waals surface area (Å²) in [7, 11) is 1.33. The van der Waals surface area contributed by atoms with Crippen LogP contribution < -0.4 is 0 Å². The number of carboxylic acid groups (broad SMARTS) is 1. The number of ether oxygens (including phenoxy) is 1. The van der Waals surface area contributed by atoms with E-state index < -0.39 is 12.4 Å². The summed E-state index contributed by atoms with van der Waals surface area (Å²) in [4.78, 5) is 36.2. The molecule has 1 saturated heterocycles. The van der Waals surface area contributed by atoms with Crippen LogP contribution in [-0.2, 0) is 19.1 Å². The molecule has 1 fully saturated rings. The van der Waals surface area contributed by atoms with Gasteiger partial charge in [0, 0.05) is 26.2 Å². The molecule has 0 atom stereocenters. The first-order chi connectivity index (χ1) is 8.02. The van der Waals surface area contributed by atoms with E-state index >= 15 is 0 Å². The van der Waals surface area contributed by atoms with Gasteiger partial charge in [-0.1, -0.05) is 0 Å². The number of esters is 1. The Morgan fingerprint density at radius 2 is 1.76 bits per heavy atom. The van der Waals surface area contributed by atoms with Crippen LogP contribution in [0.25, 0.3) is 0 Å². The lowest BCUT2D eigenvalue weighted by atomic mass is 10.2. The van der Waals surface area contributed by atoms with Gasteiger partial charge in [0.15, 0.2) is 0 Å². The molecular weight excluding hydrogens is 228 g/mol. The van der Waals surface area contributed by atoms with E-state index in [-0.39, 0.29) is 18.4 Å². The van der Waals surface area contributed by atoms with Crippen LogP contribution in [0.3, 0.4) is 0 Å². The molecule has 17 heavy (non-hydrogen) atoms. The third-order valence-electron chi connectivity index (χ3n) is 2.61. The van der Waals surface area contributed by atoms with Gasteiger partial charge in [-0.05, 0) is 0 Å². The number of rotatable bonds is 4. The monoisotopic (exact) mass is 244 g/mol. The maximum Gasteiger partial charge on any atom is 0.319 e. The Morgan fingerprint density at radius 1 is 1.18 bits per heavy atom. The summed E-state index contributed by atoms with van der Waals surface area (Å²) in [5.41, 5.74) is 0. The summed E-state index contributed by atoms with van der Waals surface area (Å²) in [6.07, 6.45) is -0.475. The lowest BCUT2D eigenvalue weighted by Gasteiger charge is -2.33. The quantitative estimate of drug-likeness (QED) is 0.492. The summed E-state index contributed by atoms with van der Waals surface area (Å²) in [6.45, 7) is 2.21. The van der Waals surface area contributed by atoms with Crippen molar-refractivity contribution in [2.75, 3.05) is 39.8 Å². The summed E-state index contributed by atoms with van der Waals surface area (Å²) in [5, 5.41) is 8.50. The first kappa shape index (κ1) is 13.4. The zero-order valence-electron chi connectivity index (χ0n) is 9.72. The Kier molecular flexibility index (Phi) is 4.89. The largest absolute Gasteiger partial charge is 0.481 e. The van der Waals surface area contributed by atoms with Crippen LogP contribution >= 0.6 is 0 Å². The van der Waals surface area contributed by atoms with Crippen molar-refractivity contribution in [1.82, 2.24) is 9.80 Å². The molecule has 7 heteroatoms. The van der Waals surface area contributed by atoms with Crippen molar-refractivity contribution in [3.05, 3.63) is 0 Å². The number of hydrogen-bond donors (Lipinski definition) is 1. The van der Waals surface area contributed by atoms with Crippen molar-refractivity contribution in [2.45, 2.75) is 6.42 Å². The highest BCUT2D eigenvalue weighted by Gasteiger charge is 2.23. The van der Waals surface area contributed by atoms with Gasteiger partial charge in [-0.2, -0.15) is 0 Å². The van der Waals surface area contributed by atoms with E-state index in [0.29, 0.717) is 26.2 Å². The maximum absolute atomic E-state index is 11.4. The molecule has 7 nitrogen and oxygen atoms in total. The van der Waals surface area contributed by atoms with Gasteiger partial charge in [0.1, 0.15) is 6.42 Å².